The van der Waals surface area contributed by atoms with Crippen molar-refractivity contribution in [2.45, 2.75) is 56.1 Å². The van der Waals surface area contributed by atoms with Crippen LogP contribution < -0.4 is 5.32 Å². The summed E-state index contributed by atoms with van der Waals surface area (Å²) in [6.07, 6.45) is 4.61. The van der Waals surface area contributed by atoms with Crippen molar-refractivity contribution in [3.63, 3.8) is 0 Å². The van der Waals surface area contributed by atoms with Gasteiger partial charge in [0, 0.05) is 11.4 Å². The fraction of sp³-hybridized carbons (Fsp3) is 0.381. The molecule has 0 saturated heterocycles. The topological polar surface area (TPSA) is 59.8 Å². The molecule has 1 amide bonds. The molecule has 1 N–H and O–H groups in total. The third-order valence-electron chi connectivity index (χ3n) is 4.51. The predicted octanol–water partition coefficient (Wildman–Crippen LogP) is 4.72. The number of aromatic nitrogens is 3. The Kier molecular flexibility index (Phi) is 7.68. The Morgan fingerprint density at radius 1 is 1.25 bits per heavy atom. The number of carbonyl (C=O) groups excluding carboxylic acids is 1. The van der Waals surface area contributed by atoms with E-state index in [0.29, 0.717) is 0 Å². The average molecular weight is 415 g/mol. The van der Waals surface area contributed by atoms with Gasteiger partial charge in [0.2, 0.25) is 5.91 Å². The molecule has 3 rings (SSSR count). The molecule has 0 bridgehead atoms. The smallest absolute Gasteiger partial charge is 0.233 e. The van der Waals surface area contributed by atoms with Gasteiger partial charge in [-0.15, -0.1) is 21.5 Å². The summed E-state index contributed by atoms with van der Waals surface area (Å²) in [7, 11) is 0. The van der Waals surface area contributed by atoms with Gasteiger partial charge >= 0.3 is 0 Å². The molecule has 0 saturated carbocycles. The molecule has 0 radical (unpaired) electrons. The predicted molar refractivity (Wildman–Crippen MR) is 116 cm³/mol. The first kappa shape index (κ1) is 20.6. The molecular weight excluding hydrogens is 388 g/mol. The second-order valence-electron chi connectivity index (χ2n) is 6.66. The van der Waals surface area contributed by atoms with E-state index in [4.69, 9.17) is 0 Å². The van der Waals surface area contributed by atoms with Crippen molar-refractivity contribution in [3.05, 3.63) is 64.6 Å². The number of aryl methyl sites for hydroxylation is 2. The molecule has 0 aliphatic carbocycles. The minimum absolute atomic E-state index is 0.0279. The lowest BCUT2D eigenvalue weighted by atomic mass is 10.0. The molecule has 0 aliphatic heterocycles. The molecule has 7 heteroatoms. The number of thioether (sulfide) groups is 1. The van der Waals surface area contributed by atoms with E-state index in [1.807, 2.05) is 29.7 Å². The maximum Gasteiger partial charge on any atom is 0.233 e. The zero-order valence-corrected chi connectivity index (χ0v) is 17.9. The summed E-state index contributed by atoms with van der Waals surface area (Å²) < 4.78 is 2.02. The molecule has 0 aliphatic rings. The Balaban J connectivity index is 1.58. The van der Waals surface area contributed by atoms with Crippen molar-refractivity contribution in [3.8, 4) is 0 Å². The number of hydrogen-bond acceptors (Lipinski definition) is 5. The molecule has 0 spiro atoms. The van der Waals surface area contributed by atoms with Crippen molar-refractivity contribution in [1.82, 2.24) is 20.1 Å². The van der Waals surface area contributed by atoms with Crippen LogP contribution in [-0.2, 0) is 17.8 Å². The number of amides is 1. The van der Waals surface area contributed by atoms with Crippen molar-refractivity contribution in [2.75, 3.05) is 0 Å². The summed E-state index contributed by atoms with van der Waals surface area (Å²) in [6.45, 7) is 4.87. The second kappa shape index (κ2) is 10.4. The number of rotatable bonds is 10. The number of nitrogens with zero attached hydrogens (tertiary/aromatic N) is 3. The summed E-state index contributed by atoms with van der Waals surface area (Å²) in [5, 5.41) is 14.1. The number of nitrogens with one attached hydrogen (secondary N) is 1. The van der Waals surface area contributed by atoms with Gasteiger partial charge in [0.05, 0.1) is 11.3 Å². The summed E-state index contributed by atoms with van der Waals surface area (Å²) in [6, 6.07) is 14.4. The number of thiophene rings is 1. The molecule has 1 aromatic carbocycles. The van der Waals surface area contributed by atoms with E-state index in [0.717, 1.165) is 36.5 Å². The Bertz CT molecular complexity index is 848. The minimum Gasteiger partial charge on any atom is -0.348 e. The highest BCUT2D eigenvalue weighted by Gasteiger charge is 2.21. The van der Waals surface area contributed by atoms with Crippen LogP contribution in [0.5, 0.6) is 0 Å². The number of benzene rings is 1. The van der Waals surface area contributed by atoms with E-state index in [-0.39, 0.29) is 17.2 Å². The van der Waals surface area contributed by atoms with Crippen molar-refractivity contribution in [1.29, 1.82) is 0 Å². The van der Waals surface area contributed by atoms with Crippen LogP contribution in [0.1, 0.15) is 43.2 Å². The molecule has 3 aromatic rings. The van der Waals surface area contributed by atoms with Crippen molar-refractivity contribution in [2.24, 2.45) is 0 Å². The highest BCUT2D eigenvalue weighted by Crippen LogP contribution is 2.24. The zero-order valence-electron chi connectivity index (χ0n) is 16.2. The lowest BCUT2D eigenvalue weighted by Gasteiger charge is -2.21. The molecule has 0 fully saturated rings. The molecule has 148 valence electrons. The third-order valence-corrected chi connectivity index (χ3v) is 6.54. The van der Waals surface area contributed by atoms with Gasteiger partial charge in [-0.2, -0.15) is 0 Å². The maximum atomic E-state index is 12.8. The van der Waals surface area contributed by atoms with Crippen LogP contribution in [0, 0.1) is 0 Å². The largest absolute Gasteiger partial charge is 0.348 e. The summed E-state index contributed by atoms with van der Waals surface area (Å²) in [5.74, 6) is 0.0279. The van der Waals surface area contributed by atoms with Crippen LogP contribution in [0.15, 0.2) is 59.3 Å². The molecule has 2 heterocycles. The van der Waals surface area contributed by atoms with Crippen molar-refractivity contribution < 1.29 is 4.79 Å². The van der Waals surface area contributed by atoms with Gasteiger partial charge in [-0.05, 0) is 36.8 Å². The van der Waals surface area contributed by atoms with Gasteiger partial charge in [-0.1, -0.05) is 61.5 Å². The lowest BCUT2D eigenvalue weighted by Crippen LogP contribution is -2.34. The molecule has 2 atom stereocenters. The highest BCUT2D eigenvalue weighted by atomic mass is 32.2. The summed E-state index contributed by atoms with van der Waals surface area (Å²) in [4.78, 5) is 14.1. The first-order valence-electron chi connectivity index (χ1n) is 9.59. The van der Waals surface area contributed by atoms with Crippen LogP contribution in [0.25, 0.3) is 0 Å². The fourth-order valence-electron chi connectivity index (χ4n) is 2.97. The molecular formula is C21H26N4OS2. The van der Waals surface area contributed by atoms with E-state index in [1.54, 1.807) is 17.7 Å². The zero-order chi connectivity index (χ0) is 19.8. The third kappa shape index (κ3) is 5.69. The second-order valence-corrected chi connectivity index (χ2v) is 9.00. The minimum atomic E-state index is -0.243. The van der Waals surface area contributed by atoms with Crippen molar-refractivity contribution >= 4 is 29.0 Å². The van der Waals surface area contributed by atoms with E-state index in [1.165, 1.54) is 16.6 Å². The van der Waals surface area contributed by atoms with Crippen LogP contribution in [-0.4, -0.2) is 25.9 Å². The van der Waals surface area contributed by atoms with Gasteiger partial charge < -0.3 is 9.88 Å². The van der Waals surface area contributed by atoms with E-state index in [9.17, 15) is 4.79 Å². The monoisotopic (exact) mass is 414 g/mol. The molecule has 5 nitrogen and oxygen atoms in total. The van der Waals surface area contributed by atoms with E-state index in [2.05, 4.69) is 52.1 Å². The normalized spacial score (nSPS) is 13.2. The first-order chi connectivity index (χ1) is 13.7. The maximum absolute atomic E-state index is 12.8. The van der Waals surface area contributed by atoms with Crippen LogP contribution in [0.3, 0.4) is 0 Å². The fourth-order valence-corrected chi connectivity index (χ4v) is 4.53. The lowest BCUT2D eigenvalue weighted by molar-refractivity contribution is -0.121. The molecule has 2 unspecified atom stereocenters. The Morgan fingerprint density at radius 2 is 2.07 bits per heavy atom. The van der Waals surface area contributed by atoms with Crippen LogP contribution >= 0.6 is 23.1 Å². The highest BCUT2D eigenvalue weighted by molar-refractivity contribution is 8.00. The first-order valence-corrected chi connectivity index (χ1v) is 11.4. The van der Waals surface area contributed by atoms with Gasteiger partial charge in [-0.25, -0.2) is 0 Å². The Labute approximate surface area is 174 Å². The van der Waals surface area contributed by atoms with Crippen LogP contribution in [0.2, 0.25) is 0 Å². The molecule has 28 heavy (non-hydrogen) atoms. The quantitative estimate of drug-likeness (QED) is 0.488. The summed E-state index contributed by atoms with van der Waals surface area (Å²) in [5.41, 5.74) is 1.15. The standard InChI is InChI=1S/C21H26N4OS2/c1-3-8-19(17-9-5-4-6-10-17)23-20(26)16(2)28-21-24-22-15-25(21)13-12-18-11-7-14-27-18/h4-7,9-11,14-16,19H,3,8,12-13H2,1-2H3,(H,23,26). The number of carbonyl (C=O) groups is 1. The SMILES string of the molecule is CCCC(NC(=O)C(C)Sc1nncn1CCc1cccs1)c1ccccc1. The van der Waals surface area contributed by atoms with E-state index >= 15 is 0 Å². The molecule has 2 aromatic heterocycles. The van der Waals surface area contributed by atoms with Gasteiger partial charge in [-0.3, -0.25) is 4.79 Å². The summed E-state index contributed by atoms with van der Waals surface area (Å²) >= 11 is 3.21. The van der Waals surface area contributed by atoms with Gasteiger partial charge in [0.15, 0.2) is 5.16 Å². The van der Waals surface area contributed by atoms with Gasteiger partial charge in [0.1, 0.15) is 6.33 Å². The number of hydrogen-bond donors (Lipinski definition) is 1. The average Bonchev–Trinajstić information content (AvgIpc) is 3.38. The Hall–Kier alpha value is -2.12. The van der Waals surface area contributed by atoms with E-state index < -0.39 is 0 Å². The van der Waals surface area contributed by atoms with Gasteiger partial charge in [0.25, 0.3) is 0 Å². The Morgan fingerprint density at radius 3 is 2.79 bits per heavy atom. The van der Waals surface area contributed by atoms with Crippen LogP contribution in [0.4, 0.5) is 0 Å².